The van der Waals surface area contributed by atoms with Crippen LogP contribution < -0.4 is 15.2 Å². The van der Waals surface area contributed by atoms with Gasteiger partial charge in [-0.1, -0.05) is 53.6 Å². The van der Waals surface area contributed by atoms with Crippen LogP contribution in [0.15, 0.2) is 78.2 Å². The molecule has 6 heteroatoms. The second-order valence-electron chi connectivity index (χ2n) is 6.90. The minimum absolute atomic E-state index is 0.00270. The number of carbonyl (C=O) groups is 1. The van der Waals surface area contributed by atoms with Gasteiger partial charge in [0, 0.05) is 16.7 Å². The standard InChI is InChI=1S/C24H17ClN2O3/c1-14-5-4-6-15(11-14)24(28)29-16-9-10-18-21(12-16)30-23(27)19(13-26)22(18)17-7-2-3-8-20(17)25/h2-12,22H,27H2,1H3. The lowest BCUT2D eigenvalue weighted by atomic mass is 9.83. The van der Waals surface area contributed by atoms with Gasteiger partial charge in [0.05, 0.1) is 11.5 Å². The van der Waals surface area contributed by atoms with Crippen molar-refractivity contribution in [3.63, 3.8) is 0 Å². The van der Waals surface area contributed by atoms with Crippen molar-refractivity contribution >= 4 is 17.6 Å². The summed E-state index contributed by atoms with van der Waals surface area (Å²) in [5.74, 6) is -0.235. The van der Waals surface area contributed by atoms with Gasteiger partial charge in [0.1, 0.15) is 23.1 Å². The summed E-state index contributed by atoms with van der Waals surface area (Å²) in [5, 5.41) is 10.2. The fraction of sp³-hybridized carbons (Fsp3) is 0.0833. The van der Waals surface area contributed by atoms with Crippen molar-refractivity contribution in [2.45, 2.75) is 12.8 Å². The predicted octanol–water partition coefficient (Wildman–Crippen LogP) is 5.09. The topological polar surface area (TPSA) is 85.3 Å². The molecule has 0 aromatic heterocycles. The largest absolute Gasteiger partial charge is 0.440 e. The molecule has 148 valence electrons. The van der Waals surface area contributed by atoms with E-state index in [9.17, 15) is 10.1 Å². The molecule has 0 radical (unpaired) electrons. The van der Waals surface area contributed by atoms with E-state index >= 15 is 0 Å². The van der Waals surface area contributed by atoms with Crippen LogP contribution in [0.25, 0.3) is 0 Å². The average molecular weight is 417 g/mol. The number of nitrogens with zero attached hydrogens (tertiary/aromatic N) is 1. The summed E-state index contributed by atoms with van der Waals surface area (Å²) >= 11 is 6.39. The molecule has 3 aromatic rings. The highest BCUT2D eigenvalue weighted by Gasteiger charge is 2.32. The Kier molecular flexibility index (Phi) is 5.18. The summed E-state index contributed by atoms with van der Waals surface area (Å²) < 4.78 is 11.2. The highest BCUT2D eigenvalue weighted by molar-refractivity contribution is 6.31. The molecule has 5 nitrogen and oxygen atoms in total. The van der Waals surface area contributed by atoms with E-state index in [1.807, 2.05) is 31.2 Å². The van der Waals surface area contributed by atoms with E-state index in [2.05, 4.69) is 6.07 Å². The molecule has 1 aliphatic heterocycles. The lowest BCUT2D eigenvalue weighted by Gasteiger charge is -2.27. The fourth-order valence-electron chi connectivity index (χ4n) is 3.47. The summed E-state index contributed by atoms with van der Waals surface area (Å²) in [6.45, 7) is 1.90. The number of allylic oxidation sites excluding steroid dienone is 1. The molecule has 0 spiro atoms. The Morgan fingerprint density at radius 2 is 1.90 bits per heavy atom. The second-order valence-corrected chi connectivity index (χ2v) is 7.31. The van der Waals surface area contributed by atoms with Gasteiger partial charge >= 0.3 is 5.97 Å². The van der Waals surface area contributed by atoms with Crippen molar-refractivity contribution in [1.82, 2.24) is 0 Å². The first kappa shape index (κ1) is 19.6. The minimum atomic E-state index is -0.478. The molecule has 0 bridgehead atoms. The van der Waals surface area contributed by atoms with Crippen molar-refractivity contribution < 1.29 is 14.3 Å². The molecule has 0 saturated heterocycles. The fourth-order valence-corrected chi connectivity index (χ4v) is 3.71. The Bertz CT molecular complexity index is 1230. The number of aryl methyl sites for hydroxylation is 1. The number of benzene rings is 3. The van der Waals surface area contributed by atoms with Crippen LogP contribution in [0, 0.1) is 18.3 Å². The number of nitriles is 1. The molecular formula is C24H17ClN2O3. The van der Waals surface area contributed by atoms with Crippen LogP contribution in [-0.4, -0.2) is 5.97 Å². The quantitative estimate of drug-likeness (QED) is 0.475. The number of hydrogen-bond donors (Lipinski definition) is 1. The van der Waals surface area contributed by atoms with Gasteiger partial charge in [-0.3, -0.25) is 0 Å². The maximum absolute atomic E-state index is 12.5. The molecule has 1 atom stereocenters. The molecular weight excluding hydrogens is 400 g/mol. The van der Waals surface area contributed by atoms with E-state index in [1.165, 1.54) is 0 Å². The Morgan fingerprint density at radius 1 is 1.10 bits per heavy atom. The van der Waals surface area contributed by atoms with Crippen molar-refractivity contribution in [3.05, 3.63) is 105 Å². The SMILES string of the molecule is Cc1cccc(C(=O)Oc2ccc3c(c2)OC(N)=C(C#N)C3c2ccccc2Cl)c1. The number of esters is 1. The van der Waals surface area contributed by atoms with Crippen molar-refractivity contribution in [3.8, 4) is 17.6 Å². The van der Waals surface area contributed by atoms with Crippen molar-refractivity contribution in [2.75, 3.05) is 0 Å². The van der Waals surface area contributed by atoms with Gasteiger partial charge in [0.15, 0.2) is 0 Å². The molecule has 2 N–H and O–H groups in total. The van der Waals surface area contributed by atoms with Gasteiger partial charge in [-0.25, -0.2) is 4.79 Å². The highest BCUT2D eigenvalue weighted by atomic mass is 35.5. The lowest BCUT2D eigenvalue weighted by molar-refractivity contribution is 0.0734. The van der Waals surface area contributed by atoms with E-state index in [0.717, 1.165) is 11.1 Å². The zero-order valence-corrected chi connectivity index (χ0v) is 16.8. The van der Waals surface area contributed by atoms with E-state index < -0.39 is 11.9 Å². The van der Waals surface area contributed by atoms with Gasteiger partial charge in [-0.05, 0) is 36.8 Å². The third-order valence-corrected chi connectivity index (χ3v) is 5.22. The summed E-state index contributed by atoms with van der Waals surface area (Å²) in [6.07, 6.45) is 0. The Morgan fingerprint density at radius 3 is 2.63 bits per heavy atom. The number of rotatable bonds is 3. The Labute approximate surface area is 178 Å². The minimum Gasteiger partial charge on any atom is -0.440 e. The number of nitrogens with two attached hydrogens (primary N) is 1. The van der Waals surface area contributed by atoms with Gasteiger partial charge in [-0.2, -0.15) is 5.26 Å². The number of hydrogen-bond acceptors (Lipinski definition) is 5. The first-order chi connectivity index (χ1) is 14.5. The molecule has 0 amide bonds. The maximum Gasteiger partial charge on any atom is 0.343 e. The molecule has 1 aliphatic rings. The number of fused-ring (bicyclic) bond motifs is 1. The van der Waals surface area contributed by atoms with Gasteiger partial charge in [0.25, 0.3) is 0 Å². The van der Waals surface area contributed by atoms with Crippen LogP contribution in [0.4, 0.5) is 0 Å². The molecule has 1 unspecified atom stereocenters. The Hall–Kier alpha value is -3.75. The van der Waals surface area contributed by atoms with Crippen LogP contribution in [0.3, 0.4) is 0 Å². The zero-order valence-electron chi connectivity index (χ0n) is 16.1. The van der Waals surface area contributed by atoms with E-state index in [4.69, 9.17) is 26.8 Å². The summed E-state index contributed by atoms with van der Waals surface area (Å²) in [6, 6.07) is 21.6. The summed E-state index contributed by atoms with van der Waals surface area (Å²) in [5.41, 5.74) is 9.17. The molecule has 0 aliphatic carbocycles. The number of halogens is 1. The van der Waals surface area contributed by atoms with Crippen LogP contribution in [0.1, 0.15) is 33.0 Å². The third kappa shape index (κ3) is 3.61. The van der Waals surface area contributed by atoms with Crippen LogP contribution >= 0.6 is 11.6 Å². The summed E-state index contributed by atoms with van der Waals surface area (Å²) in [4.78, 5) is 12.5. The lowest BCUT2D eigenvalue weighted by Crippen LogP contribution is -2.21. The second kappa shape index (κ2) is 7.94. The summed E-state index contributed by atoms with van der Waals surface area (Å²) in [7, 11) is 0. The number of carbonyl (C=O) groups excluding carboxylic acids is 1. The monoisotopic (exact) mass is 416 g/mol. The average Bonchev–Trinajstić information content (AvgIpc) is 2.73. The molecule has 30 heavy (non-hydrogen) atoms. The van der Waals surface area contributed by atoms with Crippen molar-refractivity contribution in [1.29, 1.82) is 5.26 Å². The first-order valence-electron chi connectivity index (χ1n) is 9.22. The van der Waals surface area contributed by atoms with Gasteiger partial charge < -0.3 is 15.2 Å². The third-order valence-electron chi connectivity index (χ3n) is 4.87. The van der Waals surface area contributed by atoms with Crippen molar-refractivity contribution in [2.24, 2.45) is 5.73 Å². The van der Waals surface area contributed by atoms with Gasteiger partial charge in [-0.15, -0.1) is 0 Å². The van der Waals surface area contributed by atoms with E-state index in [0.29, 0.717) is 27.6 Å². The van der Waals surface area contributed by atoms with Crippen LogP contribution in [0.2, 0.25) is 5.02 Å². The first-order valence-corrected chi connectivity index (χ1v) is 9.60. The number of ether oxygens (including phenoxy) is 2. The Balaban J connectivity index is 1.71. The van der Waals surface area contributed by atoms with Crippen LogP contribution in [0.5, 0.6) is 11.5 Å². The maximum atomic E-state index is 12.5. The molecule has 1 heterocycles. The zero-order chi connectivity index (χ0) is 21.3. The predicted molar refractivity (Wildman–Crippen MR) is 113 cm³/mol. The molecule has 0 fully saturated rings. The molecule has 3 aromatic carbocycles. The molecule has 4 rings (SSSR count). The van der Waals surface area contributed by atoms with E-state index in [1.54, 1.807) is 42.5 Å². The highest BCUT2D eigenvalue weighted by Crippen LogP contribution is 2.45. The van der Waals surface area contributed by atoms with E-state index in [-0.39, 0.29) is 11.5 Å². The normalized spacial score (nSPS) is 15.0. The van der Waals surface area contributed by atoms with Crippen LogP contribution in [-0.2, 0) is 0 Å². The van der Waals surface area contributed by atoms with Gasteiger partial charge in [0.2, 0.25) is 5.88 Å². The molecule has 0 saturated carbocycles. The smallest absolute Gasteiger partial charge is 0.343 e.